The summed E-state index contributed by atoms with van der Waals surface area (Å²) in [4.78, 5) is 24.6. The third kappa shape index (κ3) is 5.81. The second kappa shape index (κ2) is 9.74. The molecule has 0 bridgehead atoms. The van der Waals surface area contributed by atoms with Gasteiger partial charge in [0.2, 0.25) is 0 Å². The number of ether oxygens (including phenoxy) is 1. The number of hydrogen-bond donors (Lipinski definition) is 4. The second-order valence-corrected chi connectivity index (χ2v) is 8.93. The molecule has 4 N–H and O–H groups in total. The molecular formula is C20H22N2O7S. The van der Waals surface area contributed by atoms with E-state index in [1.54, 1.807) is 19.1 Å². The van der Waals surface area contributed by atoms with Crippen LogP contribution in [0.4, 0.5) is 0 Å². The normalized spacial score (nSPS) is 17.6. The van der Waals surface area contributed by atoms with Crippen LogP contribution in [0.2, 0.25) is 0 Å². The van der Waals surface area contributed by atoms with Crippen molar-refractivity contribution in [2.75, 3.05) is 18.6 Å². The van der Waals surface area contributed by atoms with Crippen LogP contribution in [0, 0.1) is 23.7 Å². The van der Waals surface area contributed by atoms with E-state index in [9.17, 15) is 18.0 Å². The summed E-state index contributed by atoms with van der Waals surface area (Å²) >= 11 is 0. The Balaban J connectivity index is 2.12. The molecule has 1 aliphatic heterocycles. The van der Waals surface area contributed by atoms with Crippen LogP contribution in [0.1, 0.15) is 29.3 Å². The molecule has 1 aliphatic rings. The van der Waals surface area contributed by atoms with Gasteiger partial charge in [-0.3, -0.25) is 14.8 Å². The minimum absolute atomic E-state index is 0.199. The van der Waals surface area contributed by atoms with Crippen LogP contribution in [0.25, 0.3) is 0 Å². The summed E-state index contributed by atoms with van der Waals surface area (Å²) in [6, 6.07) is 4.71. The predicted molar refractivity (Wildman–Crippen MR) is 107 cm³/mol. The van der Waals surface area contributed by atoms with Crippen LogP contribution >= 0.6 is 0 Å². The number of aliphatic hydroxyl groups excluding tert-OH is 1. The van der Waals surface area contributed by atoms with Crippen molar-refractivity contribution in [1.29, 1.82) is 0 Å². The molecule has 0 saturated carbocycles. The Kier molecular flexibility index (Phi) is 7.59. The number of sulfone groups is 1. The Hall–Kier alpha value is -2.89. The second-order valence-electron chi connectivity index (χ2n) is 6.87. The standard InChI is InChI=1S/C20H22N2O7S/c1-14(23)6-4-3-5-7-15-8-10-16(11-9-15)18(24)21-17(19(25)22-26)20(29-2)12-30(27,28)13-20/h8-11,14,17,23,26H,6,12-13H2,1-2H3,(H,21,24)(H,22,25). The highest BCUT2D eigenvalue weighted by atomic mass is 32.2. The average molecular weight is 434 g/mol. The number of benzene rings is 1. The Morgan fingerprint density at radius 2 is 1.87 bits per heavy atom. The molecular weight excluding hydrogens is 412 g/mol. The van der Waals surface area contributed by atoms with Crippen LogP contribution in [0.5, 0.6) is 0 Å². The fourth-order valence-corrected chi connectivity index (χ4v) is 4.84. The summed E-state index contributed by atoms with van der Waals surface area (Å²) in [5, 5.41) is 20.5. The van der Waals surface area contributed by atoms with Gasteiger partial charge >= 0.3 is 0 Å². The van der Waals surface area contributed by atoms with Crippen LogP contribution < -0.4 is 10.8 Å². The smallest absolute Gasteiger partial charge is 0.268 e. The van der Waals surface area contributed by atoms with Gasteiger partial charge < -0.3 is 15.2 Å². The minimum Gasteiger partial charge on any atom is -0.392 e. The van der Waals surface area contributed by atoms with E-state index in [0.29, 0.717) is 12.0 Å². The van der Waals surface area contributed by atoms with Crippen LogP contribution in [-0.2, 0) is 19.4 Å². The van der Waals surface area contributed by atoms with E-state index in [1.165, 1.54) is 24.7 Å². The third-order valence-corrected chi connectivity index (χ3v) is 6.27. The summed E-state index contributed by atoms with van der Waals surface area (Å²) in [5.41, 5.74) is 0.768. The topological polar surface area (TPSA) is 142 Å². The maximum Gasteiger partial charge on any atom is 0.268 e. The number of amides is 2. The lowest BCUT2D eigenvalue weighted by molar-refractivity contribution is -0.138. The minimum atomic E-state index is -3.39. The quantitative estimate of drug-likeness (QED) is 0.262. The van der Waals surface area contributed by atoms with Gasteiger partial charge in [-0.25, -0.2) is 13.9 Å². The van der Waals surface area contributed by atoms with Crippen LogP contribution in [0.3, 0.4) is 0 Å². The first-order valence-electron chi connectivity index (χ1n) is 8.90. The maximum absolute atomic E-state index is 12.6. The lowest BCUT2D eigenvalue weighted by Crippen LogP contribution is -2.71. The zero-order valence-electron chi connectivity index (χ0n) is 16.4. The van der Waals surface area contributed by atoms with E-state index in [-0.39, 0.29) is 5.56 Å². The molecule has 10 heteroatoms. The lowest BCUT2D eigenvalue weighted by atomic mass is 9.95. The average Bonchev–Trinajstić information content (AvgIpc) is 2.69. The van der Waals surface area contributed by atoms with Gasteiger partial charge in [-0.1, -0.05) is 11.8 Å². The van der Waals surface area contributed by atoms with Crippen molar-refractivity contribution in [3.8, 4) is 23.7 Å². The van der Waals surface area contributed by atoms with Gasteiger partial charge in [0.05, 0.1) is 17.6 Å². The van der Waals surface area contributed by atoms with Gasteiger partial charge in [0.25, 0.3) is 11.8 Å². The fraction of sp³-hybridized carbons (Fsp3) is 0.400. The number of carbonyl (C=O) groups is 2. The number of aliphatic hydroxyl groups is 1. The molecule has 9 nitrogen and oxygen atoms in total. The SMILES string of the molecule is COC1(C(NC(=O)c2ccc(C#CC#CCC(C)O)cc2)C(=O)NO)CS(=O)(=O)C1. The molecule has 2 rings (SSSR count). The number of hydroxylamine groups is 1. The van der Waals surface area contributed by atoms with E-state index in [4.69, 9.17) is 15.1 Å². The zero-order valence-corrected chi connectivity index (χ0v) is 17.2. The summed E-state index contributed by atoms with van der Waals surface area (Å²) < 4.78 is 28.4. The summed E-state index contributed by atoms with van der Waals surface area (Å²) in [6.45, 7) is 1.62. The highest BCUT2D eigenvalue weighted by Crippen LogP contribution is 2.31. The molecule has 30 heavy (non-hydrogen) atoms. The molecule has 0 aliphatic carbocycles. The Morgan fingerprint density at radius 1 is 1.23 bits per heavy atom. The number of carbonyl (C=O) groups excluding carboxylic acids is 2. The molecule has 1 fully saturated rings. The summed E-state index contributed by atoms with van der Waals surface area (Å²) in [6.07, 6.45) is -0.202. The molecule has 1 aromatic carbocycles. The Labute approximate surface area is 174 Å². The van der Waals surface area contributed by atoms with Crippen molar-refractivity contribution in [2.24, 2.45) is 0 Å². The van der Waals surface area contributed by atoms with Crippen molar-refractivity contribution in [1.82, 2.24) is 10.8 Å². The maximum atomic E-state index is 12.6. The molecule has 0 spiro atoms. The van der Waals surface area contributed by atoms with Gasteiger partial charge in [0.1, 0.15) is 11.6 Å². The van der Waals surface area contributed by atoms with E-state index in [0.717, 1.165) is 0 Å². The predicted octanol–water partition coefficient (Wildman–Crippen LogP) is -0.770. The molecule has 160 valence electrons. The third-order valence-electron chi connectivity index (χ3n) is 4.41. The first-order chi connectivity index (χ1) is 14.1. The molecule has 2 unspecified atom stereocenters. The molecule has 1 aromatic rings. The largest absolute Gasteiger partial charge is 0.392 e. The van der Waals surface area contributed by atoms with Crippen LogP contribution in [-0.4, -0.2) is 66.9 Å². The first kappa shape index (κ1) is 23.4. The molecule has 0 aromatic heterocycles. The van der Waals surface area contributed by atoms with Gasteiger partial charge in [0, 0.05) is 24.7 Å². The highest BCUT2D eigenvalue weighted by molar-refractivity contribution is 7.93. The summed E-state index contributed by atoms with van der Waals surface area (Å²) in [5.74, 6) is 8.19. The molecule has 2 atom stereocenters. The van der Waals surface area contributed by atoms with Crippen molar-refractivity contribution < 1.29 is 33.1 Å². The molecule has 0 radical (unpaired) electrons. The summed E-state index contributed by atoms with van der Waals surface area (Å²) in [7, 11) is -2.16. The number of hydrogen-bond acceptors (Lipinski definition) is 7. The first-order valence-corrected chi connectivity index (χ1v) is 10.7. The van der Waals surface area contributed by atoms with Crippen molar-refractivity contribution in [3.63, 3.8) is 0 Å². The lowest BCUT2D eigenvalue weighted by Gasteiger charge is -2.44. The van der Waals surface area contributed by atoms with E-state index < -0.39 is 50.9 Å². The van der Waals surface area contributed by atoms with Crippen molar-refractivity contribution in [3.05, 3.63) is 35.4 Å². The monoisotopic (exact) mass is 434 g/mol. The fourth-order valence-electron chi connectivity index (χ4n) is 2.87. The van der Waals surface area contributed by atoms with Gasteiger partial charge in [-0.2, -0.15) is 0 Å². The number of rotatable bonds is 6. The van der Waals surface area contributed by atoms with Crippen molar-refractivity contribution in [2.45, 2.75) is 31.1 Å². The molecule has 1 heterocycles. The van der Waals surface area contributed by atoms with Crippen LogP contribution in [0.15, 0.2) is 24.3 Å². The zero-order chi connectivity index (χ0) is 22.4. The van der Waals surface area contributed by atoms with Gasteiger partial charge in [-0.15, -0.1) is 0 Å². The van der Waals surface area contributed by atoms with Gasteiger partial charge in [-0.05, 0) is 43.0 Å². The van der Waals surface area contributed by atoms with E-state index in [1.807, 2.05) is 0 Å². The van der Waals surface area contributed by atoms with Crippen molar-refractivity contribution >= 4 is 21.7 Å². The molecule has 2 amide bonds. The Bertz CT molecular complexity index is 1010. The van der Waals surface area contributed by atoms with Gasteiger partial charge in [0.15, 0.2) is 9.84 Å². The number of methoxy groups -OCH3 is 1. The van der Waals surface area contributed by atoms with E-state index in [2.05, 4.69) is 29.0 Å². The highest BCUT2D eigenvalue weighted by Gasteiger charge is 2.57. The molecule has 1 saturated heterocycles. The number of nitrogens with one attached hydrogen (secondary N) is 2. The Morgan fingerprint density at radius 3 is 2.37 bits per heavy atom. The van der Waals surface area contributed by atoms with E-state index >= 15 is 0 Å².